The lowest BCUT2D eigenvalue weighted by Crippen LogP contribution is -2.47. The number of hydrogen-bond acceptors (Lipinski definition) is 5. The molecule has 0 aromatic carbocycles. The number of furan rings is 1. The Kier molecular flexibility index (Phi) is 4.59. The van der Waals surface area contributed by atoms with E-state index in [1.54, 1.807) is 6.33 Å². The largest absolute Gasteiger partial charge is 0.442 e. The minimum Gasteiger partial charge on any atom is -0.442 e. The number of anilines is 1. The van der Waals surface area contributed by atoms with Gasteiger partial charge in [0, 0.05) is 25.2 Å². The highest BCUT2D eigenvalue weighted by Crippen LogP contribution is 2.35. The zero-order valence-electron chi connectivity index (χ0n) is 16.0. The average molecular weight is 356 g/mol. The molecule has 0 N–H and O–H groups in total. The van der Waals surface area contributed by atoms with Gasteiger partial charge in [-0.2, -0.15) is 0 Å². The van der Waals surface area contributed by atoms with Crippen molar-refractivity contribution in [2.75, 3.05) is 18.0 Å². The third kappa shape index (κ3) is 2.85. The van der Waals surface area contributed by atoms with E-state index in [-0.39, 0.29) is 18.0 Å². The molecule has 2 fully saturated rings. The first-order valence-electron chi connectivity index (χ1n) is 9.89. The first kappa shape index (κ1) is 17.3. The van der Waals surface area contributed by atoms with E-state index in [9.17, 15) is 4.79 Å². The number of carbonyl (C=O) groups excluding carboxylic acids is 1. The zero-order valence-corrected chi connectivity index (χ0v) is 16.0. The van der Waals surface area contributed by atoms with Gasteiger partial charge in [-0.3, -0.25) is 4.79 Å². The molecule has 2 aromatic heterocycles. The van der Waals surface area contributed by atoms with Gasteiger partial charge in [-0.1, -0.05) is 0 Å². The quantitative estimate of drug-likeness (QED) is 0.816. The molecule has 0 bridgehead atoms. The maximum absolute atomic E-state index is 13.5. The fraction of sp³-hybridized carbons (Fsp3) is 0.650. The van der Waals surface area contributed by atoms with E-state index in [2.05, 4.69) is 28.7 Å². The Morgan fingerprint density at radius 2 is 1.77 bits per heavy atom. The van der Waals surface area contributed by atoms with Crippen molar-refractivity contribution in [3.8, 4) is 0 Å². The van der Waals surface area contributed by atoms with Crippen LogP contribution in [0.5, 0.6) is 0 Å². The second-order valence-electron chi connectivity index (χ2n) is 7.80. The second-order valence-corrected chi connectivity index (χ2v) is 7.80. The van der Waals surface area contributed by atoms with Crippen LogP contribution in [-0.4, -0.2) is 45.9 Å². The van der Waals surface area contributed by atoms with Crippen LogP contribution in [0.3, 0.4) is 0 Å². The van der Waals surface area contributed by atoms with Gasteiger partial charge in [-0.25, -0.2) is 9.97 Å². The Hall–Kier alpha value is -2.11. The summed E-state index contributed by atoms with van der Waals surface area (Å²) in [7, 11) is 0. The number of aryl methyl sites for hydroxylation is 1. The SMILES string of the molecule is Cc1oc2ncnc(N3CCCCC3)c2c1C(=O)N1[C@H](C)CCC[C@H]1C. The minimum absolute atomic E-state index is 0.0639. The summed E-state index contributed by atoms with van der Waals surface area (Å²) in [4.78, 5) is 26.7. The molecule has 1 amide bonds. The minimum atomic E-state index is 0.0639. The standard InChI is InChI=1S/C20H28N4O2/c1-13-8-7-9-14(2)24(13)20(25)16-15(3)26-19-17(16)18(21-12-22-19)23-10-5-4-6-11-23/h12-14H,4-11H2,1-3H3/t13-,14-/m1/s1. The monoisotopic (exact) mass is 356 g/mol. The molecule has 2 aromatic rings. The van der Waals surface area contributed by atoms with Gasteiger partial charge in [0.1, 0.15) is 17.9 Å². The molecule has 0 unspecified atom stereocenters. The third-order valence-electron chi connectivity index (χ3n) is 5.94. The van der Waals surface area contributed by atoms with Gasteiger partial charge in [0.25, 0.3) is 5.91 Å². The first-order valence-corrected chi connectivity index (χ1v) is 9.89. The van der Waals surface area contributed by atoms with Crippen molar-refractivity contribution in [1.29, 1.82) is 0 Å². The number of carbonyl (C=O) groups is 1. The van der Waals surface area contributed by atoms with Gasteiger partial charge in [-0.15, -0.1) is 0 Å². The van der Waals surface area contributed by atoms with Crippen molar-refractivity contribution >= 4 is 22.8 Å². The predicted molar refractivity (Wildman–Crippen MR) is 102 cm³/mol. The summed E-state index contributed by atoms with van der Waals surface area (Å²) in [5.74, 6) is 1.56. The molecule has 6 heteroatoms. The summed E-state index contributed by atoms with van der Waals surface area (Å²) in [6, 6.07) is 0.498. The van der Waals surface area contributed by atoms with Gasteiger partial charge in [0.15, 0.2) is 0 Å². The number of piperidine rings is 2. The summed E-state index contributed by atoms with van der Waals surface area (Å²) >= 11 is 0. The van der Waals surface area contributed by atoms with Gasteiger partial charge in [-0.05, 0) is 59.3 Å². The van der Waals surface area contributed by atoms with Crippen LogP contribution < -0.4 is 4.90 Å². The van der Waals surface area contributed by atoms with E-state index in [0.717, 1.165) is 50.0 Å². The molecule has 0 radical (unpaired) electrons. The Labute approximate surface area is 154 Å². The highest BCUT2D eigenvalue weighted by atomic mass is 16.3. The van der Waals surface area contributed by atoms with Crippen LogP contribution in [0.1, 0.15) is 68.5 Å². The first-order chi connectivity index (χ1) is 12.6. The molecular weight excluding hydrogens is 328 g/mol. The Bertz CT molecular complexity index is 799. The molecule has 2 saturated heterocycles. The van der Waals surface area contributed by atoms with Gasteiger partial charge >= 0.3 is 0 Å². The lowest BCUT2D eigenvalue weighted by atomic mass is 9.96. The van der Waals surface area contributed by atoms with Gasteiger partial charge in [0.05, 0.1) is 10.9 Å². The van der Waals surface area contributed by atoms with Crippen LogP contribution in [0.25, 0.3) is 11.1 Å². The summed E-state index contributed by atoms with van der Waals surface area (Å²) in [6.45, 7) is 8.11. The lowest BCUT2D eigenvalue weighted by molar-refractivity contribution is 0.0511. The summed E-state index contributed by atoms with van der Waals surface area (Å²) in [6.07, 6.45) is 8.41. The maximum Gasteiger partial charge on any atom is 0.258 e. The predicted octanol–water partition coefficient (Wildman–Crippen LogP) is 3.92. The number of nitrogens with zero attached hydrogens (tertiary/aromatic N) is 4. The normalized spacial score (nSPS) is 24.3. The molecule has 2 aliphatic rings. The molecule has 26 heavy (non-hydrogen) atoms. The van der Waals surface area contributed by atoms with E-state index in [1.807, 2.05) is 11.8 Å². The number of fused-ring (bicyclic) bond motifs is 1. The molecule has 6 nitrogen and oxygen atoms in total. The molecule has 2 atom stereocenters. The van der Waals surface area contributed by atoms with Crippen LogP contribution in [0.4, 0.5) is 5.82 Å². The summed E-state index contributed by atoms with van der Waals surface area (Å²) in [5.41, 5.74) is 1.18. The highest BCUT2D eigenvalue weighted by Gasteiger charge is 2.34. The zero-order chi connectivity index (χ0) is 18.3. The number of amides is 1. The molecule has 140 valence electrons. The van der Waals surface area contributed by atoms with Crippen molar-refractivity contribution in [2.45, 2.75) is 71.4 Å². The van der Waals surface area contributed by atoms with E-state index < -0.39 is 0 Å². The Morgan fingerprint density at radius 3 is 2.46 bits per heavy atom. The third-order valence-corrected chi connectivity index (χ3v) is 5.94. The molecule has 4 rings (SSSR count). The highest BCUT2D eigenvalue weighted by molar-refractivity contribution is 6.10. The molecule has 0 aliphatic carbocycles. The van der Waals surface area contributed by atoms with Crippen molar-refractivity contribution in [3.05, 3.63) is 17.7 Å². The molecule has 0 spiro atoms. The molecule has 0 saturated carbocycles. The number of rotatable bonds is 2. The number of aromatic nitrogens is 2. The van der Waals surface area contributed by atoms with Crippen molar-refractivity contribution in [2.24, 2.45) is 0 Å². The van der Waals surface area contributed by atoms with E-state index in [1.165, 1.54) is 12.8 Å². The Morgan fingerprint density at radius 1 is 1.08 bits per heavy atom. The average Bonchev–Trinajstić information content (AvgIpc) is 2.98. The van der Waals surface area contributed by atoms with Gasteiger partial charge in [0.2, 0.25) is 5.71 Å². The van der Waals surface area contributed by atoms with Crippen LogP contribution in [0.15, 0.2) is 10.7 Å². The fourth-order valence-electron chi connectivity index (χ4n) is 4.58. The summed E-state index contributed by atoms with van der Waals surface area (Å²) in [5, 5.41) is 0.793. The maximum atomic E-state index is 13.5. The molecule has 4 heterocycles. The van der Waals surface area contributed by atoms with E-state index in [0.29, 0.717) is 17.0 Å². The lowest BCUT2D eigenvalue weighted by Gasteiger charge is -2.39. The van der Waals surface area contributed by atoms with Crippen molar-refractivity contribution < 1.29 is 9.21 Å². The van der Waals surface area contributed by atoms with Crippen LogP contribution in [0.2, 0.25) is 0 Å². The summed E-state index contributed by atoms with van der Waals surface area (Å²) < 4.78 is 5.89. The van der Waals surface area contributed by atoms with Crippen LogP contribution in [-0.2, 0) is 0 Å². The topological polar surface area (TPSA) is 62.5 Å². The smallest absolute Gasteiger partial charge is 0.258 e. The number of hydrogen-bond donors (Lipinski definition) is 0. The van der Waals surface area contributed by atoms with Crippen molar-refractivity contribution in [3.63, 3.8) is 0 Å². The van der Waals surface area contributed by atoms with E-state index >= 15 is 0 Å². The van der Waals surface area contributed by atoms with Gasteiger partial charge < -0.3 is 14.2 Å². The molecule has 2 aliphatic heterocycles. The van der Waals surface area contributed by atoms with Crippen LogP contribution >= 0.6 is 0 Å². The van der Waals surface area contributed by atoms with Crippen LogP contribution in [0, 0.1) is 6.92 Å². The molecular formula is C20H28N4O2. The number of likely N-dealkylation sites (tertiary alicyclic amines) is 1. The second kappa shape index (κ2) is 6.89. The fourth-order valence-corrected chi connectivity index (χ4v) is 4.58. The Balaban J connectivity index is 1.81. The van der Waals surface area contributed by atoms with E-state index in [4.69, 9.17) is 4.42 Å². The van der Waals surface area contributed by atoms with Crippen molar-refractivity contribution in [1.82, 2.24) is 14.9 Å².